The number of Topliss-reactive ketones (excluding diaryl/α,β-unsaturated/α-hetero) is 1. The highest BCUT2D eigenvalue weighted by atomic mass is 32.2. The summed E-state index contributed by atoms with van der Waals surface area (Å²) in [6.45, 7) is 4.06. The van der Waals surface area contributed by atoms with Gasteiger partial charge in [0.1, 0.15) is 5.75 Å². The molecule has 1 aromatic carbocycles. The van der Waals surface area contributed by atoms with Crippen molar-refractivity contribution in [2.45, 2.75) is 57.0 Å². The summed E-state index contributed by atoms with van der Waals surface area (Å²) in [5.41, 5.74) is 1.56. The third kappa shape index (κ3) is 4.40. The van der Waals surface area contributed by atoms with Crippen LogP contribution in [0.2, 0.25) is 0 Å². The quantitative estimate of drug-likeness (QED) is 0.749. The van der Waals surface area contributed by atoms with Crippen LogP contribution in [0.1, 0.15) is 61.9 Å². The minimum absolute atomic E-state index is 0.0303. The molecule has 1 aliphatic rings. The molecule has 1 atom stereocenters. The van der Waals surface area contributed by atoms with Gasteiger partial charge in [-0.1, -0.05) is 19.3 Å². The Morgan fingerprint density at radius 3 is 2.62 bits per heavy atom. The van der Waals surface area contributed by atoms with Crippen LogP contribution in [0.25, 0.3) is 0 Å². The van der Waals surface area contributed by atoms with Crippen LogP contribution in [0.3, 0.4) is 0 Å². The first-order valence-corrected chi connectivity index (χ1v) is 9.14. The SMILES string of the molecule is CCOc1ccc(C(C)=O)cc1CS(=O)C1CCCCC1. The van der Waals surface area contributed by atoms with Gasteiger partial charge in [0.2, 0.25) is 0 Å². The second kappa shape index (κ2) is 7.74. The van der Waals surface area contributed by atoms with Crippen LogP contribution in [-0.4, -0.2) is 21.8 Å². The number of ether oxygens (including phenoxy) is 1. The van der Waals surface area contributed by atoms with Gasteiger partial charge in [0.05, 0.1) is 12.4 Å². The van der Waals surface area contributed by atoms with E-state index in [2.05, 4.69) is 0 Å². The van der Waals surface area contributed by atoms with Crippen LogP contribution in [0.5, 0.6) is 5.75 Å². The molecule has 1 saturated carbocycles. The molecule has 1 aliphatic carbocycles. The van der Waals surface area contributed by atoms with E-state index in [9.17, 15) is 9.00 Å². The fourth-order valence-electron chi connectivity index (χ4n) is 2.81. The molecule has 0 bridgehead atoms. The van der Waals surface area contributed by atoms with Crippen molar-refractivity contribution < 1.29 is 13.7 Å². The third-order valence-electron chi connectivity index (χ3n) is 3.99. The van der Waals surface area contributed by atoms with E-state index in [1.807, 2.05) is 19.1 Å². The van der Waals surface area contributed by atoms with Crippen LogP contribution in [-0.2, 0) is 16.6 Å². The van der Waals surface area contributed by atoms with Gasteiger partial charge in [-0.25, -0.2) is 0 Å². The minimum Gasteiger partial charge on any atom is -0.494 e. The smallest absolute Gasteiger partial charge is 0.159 e. The number of carbonyl (C=O) groups excluding carboxylic acids is 1. The first-order chi connectivity index (χ1) is 10.1. The summed E-state index contributed by atoms with van der Waals surface area (Å²) in [6, 6.07) is 5.45. The Balaban J connectivity index is 2.17. The molecule has 0 amide bonds. The first-order valence-electron chi connectivity index (χ1n) is 7.75. The largest absolute Gasteiger partial charge is 0.494 e. The van der Waals surface area contributed by atoms with E-state index in [-0.39, 0.29) is 5.78 Å². The van der Waals surface area contributed by atoms with E-state index in [0.717, 1.165) is 24.2 Å². The Labute approximate surface area is 129 Å². The van der Waals surface area contributed by atoms with Gasteiger partial charge in [0, 0.05) is 27.2 Å². The van der Waals surface area contributed by atoms with Gasteiger partial charge in [-0.2, -0.15) is 0 Å². The highest BCUT2D eigenvalue weighted by Gasteiger charge is 2.21. The van der Waals surface area contributed by atoms with Gasteiger partial charge in [-0.05, 0) is 44.9 Å². The molecular formula is C17H24O3S. The maximum atomic E-state index is 12.6. The zero-order chi connectivity index (χ0) is 15.2. The van der Waals surface area contributed by atoms with Crippen molar-refractivity contribution in [2.24, 2.45) is 0 Å². The molecule has 0 radical (unpaired) electrons. The van der Waals surface area contributed by atoms with Crippen LogP contribution in [0, 0.1) is 0 Å². The minimum atomic E-state index is -0.884. The maximum absolute atomic E-state index is 12.6. The number of ketones is 1. The van der Waals surface area contributed by atoms with Crippen molar-refractivity contribution in [3.63, 3.8) is 0 Å². The topological polar surface area (TPSA) is 43.4 Å². The molecule has 2 rings (SSSR count). The zero-order valence-corrected chi connectivity index (χ0v) is 13.7. The van der Waals surface area contributed by atoms with Crippen molar-refractivity contribution in [1.29, 1.82) is 0 Å². The predicted molar refractivity (Wildman–Crippen MR) is 86.3 cm³/mol. The number of hydrogen-bond donors (Lipinski definition) is 0. The lowest BCUT2D eigenvalue weighted by Crippen LogP contribution is -2.20. The molecule has 4 heteroatoms. The standard InChI is InChI=1S/C17H24O3S/c1-3-20-17-10-9-14(13(2)18)11-15(17)12-21(19)16-7-5-4-6-8-16/h9-11,16H,3-8,12H2,1-2H3. The molecule has 0 aliphatic heterocycles. The Kier molecular flexibility index (Phi) is 5.97. The lowest BCUT2D eigenvalue weighted by Gasteiger charge is -2.21. The fourth-order valence-corrected chi connectivity index (χ4v) is 4.43. The van der Waals surface area contributed by atoms with E-state index >= 15 is 0 Å². The van der Waals surface area contributed by atoms with Crippen LogP contribution < -0.4 is 4.74 Å². The lowest BCUT2D eigenvalue weighted by molar-refractivity contribution is 0.101. The van der Waals surface area contributed by atoms with Crippen LogP contribution in [0.4, 0.5) is 0 Å². The number of carbonyl (C=O) groups is 1. The molecule has 0 N–H and O–H groups in total. The molecule has 0 heterocycles. The average molecular weight is 308 g/mol. The van der Waals surface area contributed by atoms with Gasteiger partial charge in [0.25, 0.3) is 0 Å². The Bertz CT molecular complexity index is 519. The average Bonchev–Trinajstić information content (AvgIpc) is 2.50. The van der Waals surface area contributed by atoms with Gasteiger partial charge < -0.3 is 4.74 Å². The fraction of sp³-hybridized carbons (Fsp3) is 0.588. The number of rotatable bonds is 6. The normalized spacial score (nSPS) is 17.4. The molecular weight excluding hydrogens is 284 g/mol. The van der Waals surface area contributed by atoms with E-state index in [1.54, 1.807) is 13.0 Å². The molecule has 1 aromatic rings. The lowest BCUT2D eigenvalue weighted by atomic mass is 10.0. The summed E-state index contributed by atoms with van der Waals surface area (Å²) in [5.74, 6) is 1.27. The van der Waals surface area contributed by atoms with Crippen LogP contribution >= 0.6 is 0 Å². The van der Waals surface area contributed by atoms with Crippen molar-refractivity contribution in [3.8, 4) is 5.75 Å². The maximum Gasteiger partial charge on any atom is 0.159 e. The summed E-state index contributed by atoms with van der Waals surface area (Å²) in [5, 5.41) is 0.300. The van der Waals surface area contributed by atoms with Gasteiger partial charge in [-0.15, -0.1) is 0 Å². The van der Waals surface area contributed by atoms with Crippen molar-refractivity contribution in [1.82, 2.24) is 0 Å². The summed E-state index contributed by atoms with van der Waals surface area (Å²) in [4.78, 5) is 11.5. The summed E-state index contributed by atoms with van der Waals surface area (Å²) in [7, 11) is -0.884. The predicted octanol–water partition coefficient (Wildman–Crippen LogP) is 3.87. The van der Waals surface area contributed by atoms with Crippen molar-refractivity contribution in [2.75, 3.05) is 6.61 Å². The highest BCUT2D eigenvalue weighted by Crippen LogP contribution is 2.27. The molecule has 21 heavy (non-hydrogen) atoms. The first kappa shape index (κ1) is 16.2. The number of benzene rings is 1. The van der Waals surface area contributed by atoms with E-state index in [4.69, 9.17) is 4.74 Å². The second-order valence-electron chi connectivity index (χ2n) is 5.60. The van der Waals surface area contributed by atoms with E-state index in [0.29, 0.717) is 23.2 Å². The van der Waals surface area contributed by atoms with E-state index in [1.165, 1.54) is 19.3 Å². The van der Waals surface area contributed by atoms with Crippen molar-refractivity contribution in [3.05, 3.63) is 29.3 Å². The summed E-state index contributed by atoms with van der Waals surface area (Å²) in [6.07, 6.45) is 5.74. The monoisotopic (exact) mass is 308 g/mol. The summed E-state index contributed by atoms with van der Waals surface area (Å²) < 4.78 is 18.2. The highest BCUT2D eigenvalue weighted by molar-refractivity contribution is 7.84. The Hall–Kier alpha value is -1.16. The molecule has 3 nitrogen and oxygen atoms in total. The molecule has 0 aromatic heterocycles. The van der Waals surface area contributed by atoms with Gasteiger partial charge in [-0.3, -0.25) is 9.00 Å². The van der Waals surface area contributed by atoms with E-state index < -0.39 is 10.8 Å². The molecule has 0 saturated heterocycles. The third-order valence-corrected chi connectivity index (χ3v) is 5.80. The van der Waals surface area contributed by atoms with Crippen LogP contribution in [0.15, 0.2) is 18.2 Å². The molecule has 116 valence electrons. The second-order valence-corrected chi connectivity index (χ2v) is 7.31. The summed E-state index contributed by atoms with van der Waals surface area (Å²) >= 11 is 0. The zero-order valence-electron chi connectivity index (χ0n) is 12.9. The Morgan fingerprint density at radius 2 is 2.00 bits per heavy atom. The van der Waals surface area contributed by atoms with Gasteiger partial charge in [0.15, 0.2) is 5.78 Å². The Morgan fingerprint density at radius 1 is 1.29 bits per heavy atom. The molecule has 1 fully saturated rings. The van der Waals surface area contributed by atoms with Gasteiger partial charge >= 0.3 is 0 Å². The molecule has 1 unspecified atom stereocenters. The van der Waals surface area contributed by atoms with Crippen molar-refractivity contribution >= 4 is 16.6 Å². The number of hydrogen-bond acceptors (Lipinski definition) is 3. The molecule has 0 spiro atoms.